The third-order valence-electron chi connectivity index (χ3n) is 10.3. The number of carbonyl (C=O) groups is 2. The van der Waals surface area contributed by atoms with E-state index < -0.39 is 35.3 Å². The summed E-state index contributed by atoms with van der Waals surface area (Å²) in [5, 5.41) is 0. The molecular formula is C32H59N3O6. The van der Waals surface area contributed by atoms with Crippen molar-refractivity contribution >= 4 is 11.8 Å². The van der Waals surface area contributed by atoms with Gasteiger partial charge in [-0.25, -0.2) is 0 Å². The molecule has 0 unspecified atom stereocenters. The van der Waals surface area contributed by atoms with Gasteiger partial charge in [-0.15, -0.1) is 0 Å². The predicted octanol–water partition coefficient (Wildman–Crippen LogP) is 3.69. The zero-order chi connectivity index (χ0) is 30.9. The molecule has 2 aliphatic heterocycles. The molecule has 0 radical (unpaired) electrons. The van der Waals surface area contributed by atoms with E-state index in [4.69, 9.17) is 18.9 Å². The number of ether oxygens (including phenoxy) is 4. The van der Waals surface area contributed by atoms with Crippen LogP contribution in [0.3, 0.4) is 0 Å². The summed E-state index contributed by atoms with van der Waals surface area (Å²) in [7, 11) is 12.2. The number of rotatable bonds is 6. The Bertz CT molecular complexity index is 891. The Morgan fingerprint density at radius 3 is 2.07 bits per heavy atom. The molecule has 3 fully saturated rings. The maximum Gasteiger partial charge on any atom is 0.319 e. The molecule has 0 aromatic carbocycles. The zero-order valence-electron chi connectivity index (χ0n) is 27.9. The molecule has 0 spiro atoms. The van der Waals surface area contributed by atoms with Gasteiger partial charge in [0, 0.05) is 44.1 Å². The fraction of sp³-hybridized carbons (Fsp3) is 0.938. The van der Waals surface area contributed by atoms with Crippen LogP contribution in [0.25, 0.3) is 0 Å². The third-order valence-corrected chi connectivity index (χ3v) is 10.3. The van der Waals surface area contributed by atoms with E-state index in [0.717, 1.165) is 25.8 Å². The molecule has 0 aromatic rings. The van der Waals surface area contributed by atoms with Crippen molar-refractivity contribution in [2.75, 3.05) is 55.5 Å². The van der Waals surface area contributed by atoms with Crippen molar-refractivity contribution in [2.24, 2.45) is 23.2 Å². The molecule has 1 aliphatic carbocycles. The highest BCUT2D eigenvalue weighted by Crippen LogP contribution is 2.40. The first-order valence-corrected chi connectivity index (χ1v) is 15.6. The zero-order valence-corrected chi connectivity index (χ0v) is 27.9. The minimum absolute atomic E-state index is 0.0326. The summed E-state index contributed by atoms with van der Waals surface area (Å²) < 4.78 is 25.2. The van der Waals surface area contributed by atoms with E-state index in [1.54, 1.807) is 21.0 Å². The van der Waals surface area contributed by atoms with Crippen LogP contribution in [-0.4, -0.2) is 124 Å². The van der Waals surface area contributed by atoms with Gasteiger partial charge < -0.3 is 28.7 Å². The van der Waals surface area contributed by atoms with Gasteiger partial charge in [0.15, 0.2) is 12.1 Å². The van der Waals surface area contributed by atoms with Crippen LogP contribution >= 0.6 is 0 Å². The van der Waals surface area contributed by atoms with Gasteiger partial charge in [0.05, 0.1) is 17.8 Å². The van der Waals surface area contributed by atoms with Crippen LogP contribution in [0, 0.1) is 23.2 Å². The van der Waals surface area contributed by atoms with Gasteiger partial charge in [0.25, 0.3) is 0 Å². The number of hydrogen-bond acceptors (Lipinski definition) is 9. The van der Waals surface area contributed by atoms with Crippen LogP contribution in [0.4, 0.5) is 0 Å². The number of likely N-dealkylation sites (N-methyl/N-ethyl adjacent to an activating group) is 1. The molecule has 2 saturated heterocycles. The topological polar surface area (TPSA) is 80.8 Å². The molecule has 3 aliphatic rings. The molecule has 8 atom stereocenters. The Hall–Kier alpha value is -1.10. The van der Waals surface area contributed by atoms with E-state index in [2.05, 4.69) is 63.8 Å². The Morgan fingerprint density at radius 2 is 1.51 bits per heavy atom. The fourth-order valence-corrected chi connectivity index (χ4v) is 7.37. The first kappa shape index (κ1) is 34.4. The van der Waals surface area contributed by atoms with Crippen molar-refractivity contribution in [1.29, 1.82) is 0 Å². The summed E-state index contributed by atoms with van der Waals surface area (Å²) in [5.74, 6) is -0.602. The van der Waals surface area contributed by atoms with Gasteiger partial charge in [-0.05, 0) is 100 Å². The molecule has 2 heterocycles. The molecule has 0 aromatic heterocycles. The smallest absolute Gasteiger partial charge is 0.319 e. The molecule has 41 heavy (non-hydrogen) atoms. The normalized spacial score (nSPS) is 41.8. The summed E-state index contributed by atoms with van der Waals surface area (Å²) >= 11 is 0. The molecular weight excluding hydrogens is 522 g/mol. The Labute approximate surface area is 249 Å². The predicted molar refractivity (Wildman–Crippen MR) is 161 cm³/mol. The van der Waals surface area contributed by atoms with Crippen LogP contribution in [0.15, 0.2) is 0 Å². The number of carbonyl (C=O) groups excluding carboxylic acids is 2. The minimum Gasteiger partial charge on any atom is -0.463 e. The number of nitrogens with zero attached hydrogens (tertiary/aromatic N) is 3. The van der Waals surface area contributed by atoms with Crippen molar-refractivity contribution in [1.82, 2.24) is 14.7 Å². The van der Waals surface area contributed by atoms with Gasteiger partial charge in [0.2, 0.25) is 0 Å². The van der Waals surface area contributed by atoms with Crippen LogP contribution in [0.2, 0.25) is 0 Å². The lowest BCUT2D eigenvalue weighted by atomic mass is 9.74. The first-order chi connectivity index (χ1) is 19.0. The van der Waals surface area contributed by atoms with Crippen molar-refractivity contribution in [3.05, 3.63) is 0 Å². The highest BCUT2D eigenvalue weighted by molar-refractivity contribution is 6.04. The second-order valence-corrected chi connectivity index (χ2v) is 14.6. The van der Waals surface area contributed by atoms with Crippen LogP contribution < -0.4 is 0 Å². The highest BCUT2D eigenvalue weighted by atomic mass is 16.7. The van der Waals surface area contributed by atoms with Gasteiger partial charge in [-0.1, -0.05) is 13.8 Å². The maximum atomic E-state index is 14.1. The average Bonchev–Trinajstić information content (AvgIpc) is 2.85. The number of Topliss-reactive ketones (excluding diaryl/α,β-unsaturated/α-hetero) is 1. The lowest BCUT2D eigenvalue weighted by molar-refractivity contribution is -0.263. The second-order valence-electron chi connectivity index (χ2n) is 14.6. The standard InChI is InChI=1S/C32H59N3O6/c1-20-17-32(6,38-12)29(41-27-16-24(33(7)8)13-21(2)40-27)22(3)28(36)31(4,5)30(37)39-19-26(35(11)18-20)23-14-25(15-23)34(9)10/h20-27,29H,13-19H2,1-12H3/t20-,21-,22+,23-,24+,25-,26+,27+,29-,32-/m1/s1. The number of ketones is 1. The average molecular weight is 582 g/mol. The molecule has 1 saturated carbocycles. The SMILES string of the molecule is CO[C@]1(C)C[C@@H](C)CN(C)[C@H]([C@H]2C[C@H](N(C)C)C2)COC(=O)C(C)(C)C(=O)[C@H](C)[C@H]1O[C@H]1C[C@@H](N(C)C)C[C@@H](C)O1. The monoisotopic (exact) mass is 581 g/mol. The molecule has 9 nitrogen and oxygen atoms in total. The largest absolute Gasteiger partial charge is 0.463 e. The number of methoxy groups -OCH3 is 1. The van der Waals surface area contributed by atoms with Crippen molar-refractivity contribution in [2.45, 2.75) is 116 Å². The van der Waals surface area contributed by atoms with Crippen molar-refractivity contribution in [3.8, 4) is 0 Å². The van der Waals surface area contributed by atoms with E-state index in [9.17, 15) is 9.59 Å². The Kier molecular flexibility index (Phi) is 11.5. The molecule has 0 N–H and O–H groups in total. The number of cyclic esters (lactones) is 1. The lowest BCUT2D eigenvalue weighted by Gasteiger charge is -2.47. The molecule has 3 rings (SSSR count). The van der Waals surface area contributed by atoms with Gasteiger partial charge in [-0.3, -0.25) is 14.5 Å². The molecule has 0 amide bonds. The van der Waals surface area contributed by atoms with Crippen LogP contribution in [-0.2, 0) is 28.5 Å². The third kappa shape index (κ3) is 7.90. The van der Waals surface area contributed by atoms with Gasteiger partial charge in [-0.2, -0.15) is 0 Å². The maximum absolute atomic E-state index is 14.1. The summed E-state index contributed by atoms with van der Waals surface area (Å²) in [6, 6.07) is 0.965. The van der Waals surface area contributed by atoms with Crippen molar-refractivity contribution < 1.29 is 28.5 Å². The summed E-state index contributed by atoms with van der Waals surface area (Å²) in [6.45, 7) is 12.7. The van der Waals surface area contributed by atoms with E-state index in [0.29, 0.717) is 37.5 Å². The summed E-state index contributed by atoms with van der Waals surface area (Å²) in [4.78, 5) is 34.5. The van der Waals surface area contributed by atoms with Crippen LogP contribution in [0.1, 0.15) is 73.6 Å². The summed E-state index contributed by atoms with van der Waals surface area (Å²) in [5.41, 5.74) is -2.10. The van der Waals surface area contributed by atoms with Gasteiger partial charge >= 0.3 is 5.97 Å². The number of esters is 1. The Morgan fingerprint density at radius 1 is 0.927 bits per heavy atom. The second kappa shape index (κ2) is 13.7. The van der Waals surface area contributed by atoms with Gasteiger partial charge in [0.1, 0.15) is 12.0 Å². The number of hydrogen-bond donors (Lipinski definition) is 0. The van der Waals surface area contributed by atoms with E-state index >= 15 is 0 Å². The minimum atomic E-state index is -1.32. The summed E-state index contributed by atoms with van der Waals surface area (Å²) in [6.07, 6.45) is 3.43. The van der Waals surface area contributed by atoms with E-state index in [-0.39, 0.29) is 23.8 Å². The molecule has 0 bridgehead atoms. The molecule has 238 valence electrons. The van der Waals surface area contributed by atoms with E-state index in [1.165, 1.54) is 0 Å². The molecule has 9 heteroatoms. The quantitative estimate of drug-likeness (QED) is 0.345. The van der Waals surface area contributed by atoms with Crippen molar-refractivity contribution in [3.63, 3.8) is 0 Å². The van der Waals surface area contributed by atoms with Crippen LogP contribution in [0.5, 0.6) is 0 Å². The fourth-order valence-electron chi connectivity index (χ4n) is 7.37. The highest BCUT2D eigenvalue weighted by Gasteiger charge is 2.51. The lowest BCUT2D eigenvalue weighted by Crippen LogP contribution is -2.55. The Balaban J connectivity index is 1.93. The van der Waals surface area contributed by atoms with E-state index in [1.807, 2.05) is 13.8 Å². The first-order valence-electron chi connectivity index (χ1n) is 15.6.